The zero-order valence-corrected chi connectivity index (χ0v) is 18.0. The number of rotatable bonds is 5. The van der Waals surface area contributed by atoms with Gasteiger partial charge in [0.05, 0.1) is 23.4 Å². The van der Waals surface area contributed by atoms with Crippen LogP contribution in [0.4, 0.5) is 13.2 Å². The molecule has 3 aromatic rings. The third-order valence-electron chi connectivity index (χ3n) is 5.74. The van der Waals surface area contributed by atoms with Gasteiger partial charge in [0.2, 0.25) is 11.2 Å². The number of carbonyl (C=O) groups excluding carboxylic acids is 1. The topological polar surface area (TPSA) is 102 Å². The molecule has 2 aliphatic rings. The minimum absolute atomic E-state index is 0.0418. The van der Waals surface area contributed by atoms with E-state index in [9.17, 15) is 13.6 Å². The lowest BCUT2D eigenvalue weighted by molar-refractivity contribution is -0.137. The number of alkyl halides is 2. The first-order valence-electron chi connectivity index (χ1n) is 10.1. The normalized spacial score (nSPS) is 16.8. The Labute approximate surface area is 190 Å². The first-order valence-corrected chi connectivity index (χ1v) is 10.5. The number of pyridine rings is 1. The summed E-state index contributed by atoms with van der Waals surface area (Å²) in [5.74, 6) is -1.57. The van der Waals surface area contributed by atoms with Gasteiger partial charge in [0.25, 0.3) is 11.8 Å². The summed E-state index contributed by atoms with van der Waals surface area (Å²) >= 11 is 5.80. The second-order valence-corrected chi connectivity index (χ2v) is 8.14. The summed E-state index contributed by atoms with van der Waals surface area (Å²) in [6.07, 6.45) is 3.69. The molecule has 1 unspecified atom stereocenters. The third kappa shape index (κ3) is 3.80. The van der Waals surface area contributed by atoms with Crippen LogP contribution < -0.4 is 10.1 Å². The van der Waals surface area contributed by atoms with Crippen LogP contribution in [-0.4, -0.2) is 39.0 Å². The fourth-order valence-electron chi connectivity index (χ4n) is 4.19. The molecule has 1 amide bonds. The molecular formula is C21H17ClF3N5O3. The Balaban J connectivity index is 1.56. The number of nitrogens with one attached hydrogen (secondary N) is 2. The van der Waals surface area contributed by atoms with Crippen molar-refractivity contribution in [3.05, 3.63) is 51.4 Å². The van der Waals surface area contributed by atoms with Gasteiger partial charge in [-0.2, -0.15) is 13.8 Å². The molecule has 0 spiro atoms. The number of halogens is 4. The van der Waals surface area contributed by atoms with E-state index in [-0.39, 0.29) is 34.1 Å². The molecule has 3 aromatic heterocycles. The monoisotopic (exact) mass is 479 g/mol. The fraction of sp³-hybridized carbons (Fsp3) is 0.333. The van der Waals surface area contributed by atoms with Gasteiger partial charge < -0.3 is 19.8 Å². The number of nitrogens with zero attached hydrogens (tertiary/aromatic N) is 3. The molecule has 8 nitrogen and oxygen atoms in total. The summed E-state index contributed by atoms with van der Waals surface area (Å²) < 4.78 is 50.5. The van der Waals surface area contributed by atoms with E-state index >= 15 is 4.39 Å². The molecule has 0 radical (unpaired) electrons. The van der Waals surface area contributed by atoms with E-state index < -0.39 is 24.9 Å². The SMILES string of the molecule is CC1CNC(=O)c2c1[nH]c1c2CCc2cnc(Oc3nc(Cl)ncc3COC(F)F)c(F)c2-1. The highest BCUT2D eigenvalue weighted by atomic mass is 35.5. The number of aromatic amines is 1. The Bertz CT molecular complexity index is 1270. The van der Waals surface area contributed by atoms with Crippen LogP contribution in [0.3, 0.4) is 0 Å². The summed E-state index contributed by atoms with van der Waals surface area (Å²) in [5, 5.41) is 2.64. The van der Waals surface area contributed by atoms with Crippen LogP contribution in [0.5, 0.6) is 11.8 Å². The summed E-state index contributed by atoms with van der Waals surface area (Å²) in [7, 11) is 0. The smallest absolute Gasteiger partial charge is 0.345 e. The first kappa shape index (κ1) is 21.7. The van der Waals surface area contributed by atoms with Crippen molar-refractivity contribution in [3.63, 3.8) is 0 Å². The van der Waals surface area contributed by atoms with E-state index in [1.807, 2.05) is 6.92 Å². The molecule has 1 aliphatic heterocycles. The molecule has 5 rings (SSSR count). The van der Waals surface area contributed by atoms with Crippen molar-refractivity contribution in [1.29, 1.82) is 0 Å². The summed E-state index contributed by atoms with van der Waals surface area (Å²) in [6, 6.07) is 0. The molecule has 33 heavy (non-hydrogen) atoms. The molecule has 172 valence electrons. The molecule has 0 aromatic carbocycles. The highest BCUT2D eigenvalue weighted by Gasteiger charge is 2.34. The summed E-state index contributed by atoms with van der Waals surface area (Å²) in [5.41, 5.74) is 3.53. The summed E-state index contributed by atoms with van der Waals surface area (Å²) in [4.78, 5) is 27.4. The van der Waals surface area contributed by atoms with Crippen LogP contribution in [0.15, 0.2) is 12.4 Å². The van der Waals surface area contributed by atoms with Crippen molar-refractivity contribution < 1.29 is 27.4 Å². The zero-order chi connectivity index (χ0) is 23.3. The lowest BCUT2D eigenvalue weighted by atomic mass is 9.87. The van der Waals surface area contributed by atoms with Gasteiger partial charge in [-0.05, 0) is 35.6 Å². The van der Waals surface area contributed by atoms with Crippen molar-refractivity contribution in [3.8, 4) is 23.0 Å². The maximum atomic E-state index is 15.7. The van der Waals surface area contributed by atoms with Gasteiger partial charge in [0, 0.05) is 36.1 Å². The second-order valence-electron chi connectivity index (χ2n) is 7.80. The molecule has 1 aliphatic carbocycles. The van der Waals surface area contributed by atoms with E-state index in [1.165, 1.54) is 6.20 Å². The van der Waals surface area contributed by atoms with Gasteiger partial charge in [-0.3, -0.25) is 4.79 Å². The number of fused-ring (bicyclic) bond motifs is 5. The van der Waals surface area contributed by atoms with Crippen LogP contribution >= 0.6 is 11.6 Å². The Morgan fingerprint density at radius 1 is 1.21 bits per heavy atom. The van der Waals surface area contributed by atoms with E-state index in [0.717, 1.165) is 17.5 Å². The summed E-state index contributed by atoms with van der Waals surface area (Å²) in [6.45, 7) is -1.13. The maximum absolute atomic E-state index is 15.7. The van der Waals surface area contributed by atoms with Crippen LogP contribution in [0.25, 0.3) is 11.3 Å². The molecule has 0 saturated carbocycles. The van der Waals surface area contributed by atoms with E-state index in [4.69, 9.17) is 16.3 Å². The van der Waals surface area contributed by atoms with Gasteiger partial charge in [-0.1, -0.05) is 6.92 Å². The standard InChI is InChI=1S/C21H17ClF3N5O3/c1-8-4-26-17(31)13-11-3-2-9-5-27-19(14(23)12(9)16(11)29-15(8)13)33-18-10(7-32-21(24)25)6-28-20(22)30-18/h5-6,8,21,29H,2-4,7H2,1H3,(H,26,31). The Hall–Kier alpha value is -3.18. The molecule has 0 saturated heterocycles. The van der Waals surface area contributed by atoms with Gasteiger partial charge in [0.1, 0.15) is 0 Å². The predicted octanol–water partition coefficient (Wildman–Crippen LogP) is 4.14. The zero-order valence-electron chi connectivity index (χ0n) is 17.2. The Morgan fingerprint density at radius 2 is 2.03 bits per heavy atom. The minimum atomic E-state index is -3.02. The average molecular weight is 480 g/mol. The molecule has 2 N–H and O–H groups in total. The number of ether oxygens (including phenoxy) is 2. The fourth-order valence-corrected chi connectivity index (χ4v) is 4.31. The molecular weight excluding hydrogens is 463 g/mol. The van der Waals surface area contributed by atoms with Crippen molar-refractivity contribution in [1.82, 2.24) is 25.3 Å². The van der Waals surface area contributed by atoms with Crippen LogP contribution in [-0.2, 0) is 24.2 Å². The number of amides is 1. The van der Waals surface area contributed by atoms with E-state index in [2.05, 4.69) is 30.0 Å². The average Bonchev–Trinajstić information content (AvgIpc) is 3.18. The molecule has 0 fully saturated rings. The van der Waals surface area contributed by atoms with E-state index in [1.54, 1.807) is 0 Å². The number of H-pyrrole nitrogens is 1. The van der Waals surface area contributed by atoms with Crippen LogP contribution in [0.1, 0.15) is 45.6 Å². The number of aryl methyl sites for hydroxylation is 1. The predicted molar refractivity (Wildman–Crippen MR) is 110 cm³/mol. The molecule has 4 heterocycles. The van der Waals surface area contributed by atoms with Gasteiger partial charge in [-0.15, -0.1) is 0 Å². The number of carbonyl (C=O) groups is 1. The number of aromatic nitrogens is 4. The van der Waals surface area contributed by atoms with Crippen molar-refractivity contribution >= 4 is 17.5 Å². The third-order valence-corrected chi connectivity index (χ3v) is 5.92. The van der Waals surface area contributed by atoms with Gasteiger partial charge >= 0.3 is 6.61 Å². The number of hydrogen-bond acceptors (Lipinski definition) is 6. The molecule has 1 atom stereocenters. The largest absolute Gasteiger partial charge is 0.417 e. The molecule has 12 heteroatoms. The Morgan fingerprint density at radius 3 is 2.82 bits per heavy atom. The van der Waals surface area contributed by atoms with Gasteiger partial charge in [0.15, 0.2) is 5.82 Å². The van der Waals surface area contributed by atoms with Gasteiger partial charge in [-0.25, -0.2) is 14.4 Å². The lowest BCUT2D eigenvalue weighted by Gasteiger charge is -2.21. The molecule has 0 bridgehead atoms. The highest BCUT2D eigenvalue weighted by Crippen LogP contribution is 2.42. The lowest BCUT2D eigenvalue weighted by Crippen LogP contribution is -2.34. The first-order chi connectivity index (χ1) is 15.8. The second kappa shape index (κ2) is 8.31. The number of hydrogen-bond donors (Lipinski definition) is 2. The van der Waals surface area contributed by atoms with Crippen molar-refractivity contribution in [2.45, 2.75) is 38.9 Å². The van der Waals surface area contributed by atoms with Crippen LogP contribution in [0, 0.1) is 5.82 Å². The van der Waals surface area contributed by atoms with Crippen molar-refractivity contribution in [2.24, 2.45) is 0 Å². The minimum Gasteiger partial charge on any atom is -0.417 e. The van der Waals surface area contributed by atoms with Crippen molar-refractivity contribution in [2.75, 3.05) is 6.54 Å². The highest BCUT2D eigenvalue weighted by molar-refractivity contribution is 6.28. The quantitative estimate of drug-likeness (QED) is 0.533. The van der Waals surface area contributed by atoms with Crippen LogP contribution in [0.2, 0.25) is 5.28 Å². The van der Waals surface area contributed by atoms with E-state index in [0.29, 0.717) is 36.2 Å². The Kier molecular flexibility index (Phi) is 5.45. The maximum Gasteiger partial charge on any atom is 0.345 e.